The Morgan fingerprint density at radius 1 is 1.28 bits per heavy atom. The molecule has 0 radical (unpaired) electrons. The van der Waals surface area contributed by atoms with Crippen LogP contribution in [0.2, 0.25) is 0 Å². The van der Waals surface area contributed by atoms with Crippen molar-refractivity contribution in [2.24, 2.45) is 12.9 Å². The van der Waals surface area contributed by atoms with Crippen molar-refractivity contribution in [2.45, 2.75) is 6.04 Å². The quantitative estimate of drug-likeness (QED) is 0.484. The van der Waals surface area contributed by atoms with Gasteiger partial charge in [0.1, 0.15) is 0 Å². The lowest BCUT2D eigenvalue weighted by molar-refractivity contribution is 0.430. The Kier molecular flexibility index (Phi) is 3.30. The highest BCUT2D eigenvalue weighted by Crippen LogP contribution is 2.25. The summed E-state index contributed by atoms with van der Waals surface area (Å²) in [4.78, 5) is 0. The fraction of sp³-hybridized carbons (Fsp3) is 0.200. The molecule has 1 aromatic heterocycles. The third-order valence-corrected chi connectivity index (χ3v) is 2.59. The number of nitrogens with zero attached hydrogens (tertiary/aromatic N) is 3. The molecule has 0 spiro atoms. The first-order valence-electron chi connectivity index (χ1n) is 5.00. The number of benzene rings is 1. The molecule has 0 aliphatic rings. The highest BCUT2D eigenvalue weighted by molar-refractivity contribution is 5.29. The van der Waals surface area contributed by atoms with E-state index in [4.69, 9.17) is 5.84 Å². The normalized spacial score (nSPS) is 12.7. The van der Waals surface area contributed by atoms with Gasteiger partial charge in [-0.2, -0.15) is 0 Å². The Morgan fingerprint density at radius 2 is 2.00 bits per heavy atom. The summed E-state index contributed by atoms with van der Waals surface area (Å²) in [6.07, 6.45) is 1.35. The van der Waals surface area contributed by atoms with Gasteiger partial charge in [0.2, 0.25) is 0 Å². The number of nitrogens with one attached hydrogen (secondary N) is 1. The molecule has 1 unspecified atom stereocenters. The molecule has 1 heterocycles. The molecule has 0 bridgehead atoms. The second kappa shape index (κ2) is 4.75. The maximum absolute atomic E-state index is 13.7. The summed E-state index contributed by atoms with van der Waals surface area (Å²) in [5, 5.41) is 7.27. The van der Waals surface area contributed by atoms with E-state index >= 15 is 0 Å². The minimum Gasteiger partial charge on any atom is -0.271 e. The number of hydrogen-bond acceptors (Lipinski definition) is 4. The molecule has 3 N–H and O–H groups in total. The lowest BCUT2D eigenvalue weighted by Gasteiger charge is -2.16. The molecule has 2 aromatic rings. The standard InChI is InChI=1S/C10H10F3N5/c1-18-7(4-15-17-18)10(16-14)5-2-3-6(11)9(13)8(5)12/h2-4,10,16H,14H2,1H3. The number of aryl methyl sites for hydroxylation is 1. The monoisotopic (exact) mass is 257 g/mol. The molecular formula is C10H10F3N5. The van der Waals surface area contributed by atoms with E-state index in [1.807, 2.05) is 0 Å². The number of halogens is 3. The molecule has 96 valence electrons. The van der Waals surface area contributed by atoms with E-state index in [0.717, 1.165) is 12.1 Å². The molecule has 1 atom stereocenters. The van der Waals surface area contributed by atoms with Crippen LogP contribution in [0.15, 0.2) is 18.3 Å². The smallest absolute Gasteiger partial charge is 0.194 e. The van der Waals surface area contributed by atoms with Crippen LogP contribution < -0.4 is 11.3 Å². The topological polar surface area (TPSA) is 68.8 Å². The Balaban J connectivity index is 2.53. The second-order valence-electron chi connectivity index (χ2n) is 3.65. The lowest BCUT2D eigenvalue weighted by atomic mass is 10.0. The predicted octanol–water partition coefficient (Wildman–Crippen LogP) is 0.785. The number of hydrogen-bond donors (Lipinski definition) is 2. The predicted molar refractivity (Wildman–Crippen MR) is 56.5 cm³/mol. The molecule has 2 rings (SSSR count). The van der Waals surface area contributed by atoms with Crippen LogP contribution in [0.5, 0.6) is 0 Å². The second-order valence-corrected chi connectivity index (χ2v) is 3.65. The van der Waals surface area contributed by atoms with Crippen molar-refractivity contribution in [3.63, 3.8) is 0 Å². The van der Waals surface area contributed by atoms with E-state index < -0.39 is 23.5 Å². The molecule has 0 aliphatic carbocycles. The molecule has 0 amide bonds. The summed E-state index contributed by atoms with van der Waals surface area (Å²) < 4.78 is 41.0. The van der Waals surface area contributed by atoms with Crippen molar-refractivity contribution in [1.29, 1.82) is 0 Å². The van der Waals surface area contributed by atoms with E-state index in [1.165, 1.54) is 10.9 Å². The first-order valence-corrected chi connectivity index (χ1v) is 5.00. The van der Waals surface area contributed by atoms with Crippen molar-refractivity contribution in [2.75, 3.05) is 0 Å². The first-order chi connectivity index (χ1) is 8.56. The molecule has 1 aromatic carbocycles. The van der Waals surface area contributed by atoms with Crippen molar-refractivity contribution in [3.05, 3.63) is 47.0 Å². The van der Waals surface area contributed by atoms with Crippen LogP contribution in [0.1, 0.15) is 17.3 Å². The van der Waals surface area contributed by atoms with Gasteiger partial charge in [0.25, 0.3) is 0 Å². The molecule has 5 nitrogen and oxygen atoms in total. The largest absolute Gasteiger partial charge is 0.271 e. The van der Waals surface area contributed by atoms with E-state index in [2.05, 4.69) is 15.7 Å². The Bertz CT molecular complexity index is 569. The highest BCUT2D eigenvalue weighted by Gasteiger charge is 2.23. The van der Waals surface area contributed by atoms with Gasteiger partial charge in [-0.15, -0.1) is 5.10 Å². The summed E-state index contributed by atoms with van der Waals surface area (Å²) in [7, 11) is 1.57. The Morgan fingerprint density at radius 3 is 2.56 bits per heavy atom. The van der Waals surface area contributed by atoms with Gasteiger partial charge in [-0.3, -0.25) is 10.5 Å². The molecule has 0 saturated carbocycles. The van der Waals surface area contributed by atoms with Gasteiger partial charge >= 0.3 is 0 Å². The van der Waals surface area contributed by atoms with Gasteiger partial charge in [0, 0.05) is 12.6 Å². The average Bonchev–Trinajstić information content (AvgIpc) is 2.77. The van der Waals surface area contributed by atoms with Gasteiger partial charge in [-0.1, -0.05) is 11.3 Å². The zero-order valence-corrected chi connectivity index (χ0v) is 9.36. The van der Waals surface area contributed by atoms with Crippen LogP contribution in [0.4, 0.5) is 13.2 Å². The number of aromatic nitrogens is 3. The number of rotatable bonds is 3. The first kappa shape index (κ1) is 12.5. The van der Waals surface area contributed by atoms with Crippen molar-refractivity contribution < 1.29 is 13.2 Å². The number of nitrogens with two attached hydrogens (primary N) is 1. The molecule has 8 heteroatoms. The van der Waals surface area contributed by atoms with Crippen LogP contribution in [0.3, 0.4) is 0 Å². The molecule has 0 aliphatic heterocycles. The summed E-state index contributed by atoms with van der Waals surface area (Å²) in [5.41, 5.74) is 2.61. The number of hydrazine groups is 1. The molecule has 0 saturated heterocycles. The summed E-state index contributed by atoms with van der Waals surface area (Å²) in [6.45, 7) is 0. The SMILES string of the molecule is Cn1nncc1C(NN)c1ccc(F)c(F)c1F. The minimum absolute atomic E-state index is 0.123. The zero-order chi connectivity index (χ0) is 13.3. The van der Waals surface area contributed by atoms with Crippen molar-refractivity contribution >= 4 is 0 Å². The average molecular weight is 257 g/mol. The van der Waals surface area contributed by atoms with Crippen LogP contribution in [0, 0.1) is 17.5 Å². The minimum atomic E-state index is -1.54. The summed E-state index contributed by atoms with van der Waals surface area (Å²) in [5.74, 6) is 1.23. The summed E-state index contributed by atoms with van der Waals surface area (Å²) >= 11 is 0. The van der Waals surface area contributed by atoms with Gasteiger partial charge in [0.15, 0.2) is 17.5 Å². The fourth-order valence-electron chi connectivity index (χ4n) is 1.66. The van der Waals surface area contributed by atoms with Crippen LogP contribution >= 0.6 is 0 Å². The van der Waals surface area contributed by atoms with Crippen LogP contribution in [-0.4, -0.2) is 15.0 Å². The fourth-order valence-corrected chi connectivity index (χ4v) is 1.66. The molecule has 18 heavy (non-hydrogen) atoms. The van der Waals surface area contributed by atoms with Crippen molar-refractivity contribution in [1.82, 2.24) is 20.4 Å². The molecular weight excluding hydrogens is 247 g/mol. The van der Waals surface area contributed by atoms with Gasteiger partial charge in [-0.25, -0.2) is 18.6 Å². The summed E-state index contributed by atoms with van der Waals surface area (Å²) in [6, 6.07) is 1.08. The third kappa shape index (κ3) is 1.95. The highest BCUT2D eigenvalue weighted by atomic mass is 19.2. The van der Waals surface area contributed by atoms with E-state index in [-0.39, 0.29) is 5.56 Å². The molecule has 0 fully saturated rings. The third-order valence-electron chi connectivity index (χ3n) is 2.59. The lowest BCUT2D eigenvalue weighted by Crippen LogP contribution is -2.31. The zero-order valence-electron chi connectivity index (χ0n) is 9.36. The van der Waals surface area contributed by atoms with E-state index in [0.29, 0.717) is 5.69 Å². The van der Waals surface area contributed by atoms with Crippen LogP contribution in [-0.2, 0) is 7.05 Å². The Labute approximate surface area is 100 Å². The van der Waals surface area contributed by atoms with Crippen LogP contribution in [0.25, 0.3) is 0 Å². The Hall–Kier alpha value is -1.93. The van der Waals surface area contributed by atoms with E-state index in [9.17, 15) is 13.2 Å². The van der Waals surface area contributed by atoms with Gasteiger partial charge < -0.3 is 0 Å². The van der Waals surface area contributed by atoms with Gasteiger partial charge in [-0.05, 0) is 6.07 Å². The van der Waals surface area contributed by atoms with E-state index in [1.54, 1.807) is 7.05 Å². The maximum atomic E-state index is 13.7. The van der Waals surface area contributed by atoms with Crippen molar-refractivity contribution in [3.8, 4) is 0 Å². The maximum Gasteiger partial charge on any atom is 0.194 e. The van der Waals surface area contributed by atoms with Gasteiger partial charge in [0.05, 0.1) is 17.9 Å².